The van der Waals surface area contributed by atoms with E-state index >= 15 is 0 Å². The van der Waals surface area contributed by atoms with Crippen LogP contribution in [0.4, 0.5) is 0 Å². The van der Waals surface area contributed by atoms with Crippen molar-refractivity contribution < 1.29 is 4.79 Å². The number of hydrogen-bond acceptors (Lipinski definition) is 4. The van der Waals surface area contributed by atoms with Gasteiger partial charge in [-0.2, -0.15) is 0 Å². The molecular weight excluding hydrogens is 282 g/mol. The summed E-state index contributed by atoms with van der Waals surface area (Å²) in [6, 6.07) is 5.54. The molecule has 108 valence electrons. The van der Waals surface area contributed by atoms with E-state index < -0.39 is 0 Å². The largest absolute Gasteiger partial charge is 0.352 e. The molecule has 0 saturated carbocycles. The molecule has 4 nitrogen and oxygen atoms in total. The van der Waals surface area contributed by atoms with Gasteiger partial charge in [-0.25, -0.2) is 4.98 Å². The van der Waals surface area contributed by atoms with Gasteiger partial charge in [0.25, 0.3) is 5.91 Å². The van der Waals surface area contributed by atoms with Crippen molar-refractivity contribution in [3.63, 3.8) is 0 Å². The van der Waals surface area contributed by atoms with Gasteiger partial charge in [0.05, 0.1) is 11.6 Å². The molecule has 2 aromatic rings. The minimum atomic E-state index is -0.0829. The molecular formula is C16H17N3OS. The molecule has 5 heteroatoms. The summed E-state index contributed by atoms with van der Waals surface area (Å²) in [5, 5.41) is 5.87. The average molecular weight is 299 g/mol. The second-order valence-electron chi connectivity index (χ2n) is 4.42. The minimum absolute atomic E-state index is 0.0829. The zero-order valence-electron chi connectivity index (χ0n) is 11.8. The summed E-state index contributed by atoms with van der Waals surface area (Å²) >= 11 is 1.59. The maximum atomic E-state index is 12.2. The van der Waals surface area contributed by atoms with E-state index in [1.54, 1.807) is 17.5 Å². The molecule has 0 atom stereocenters. The van der Waals surface area contributed by atoms with Crippen molar-refractivity contribution in [3.05, 3.63) is 51.5 Å². The van der Waals surface area contributed by atoms with Crippen molar-refractivity contribution in [3.8, 4) is 11.8 Å². The van der Waals surface area contributed by atoms with Gasteiger partial charge in [0.15, 0.2) is 0 Å². The number of nitrogens with zero attached hydrogens (tertiary/aromatic N) is 1. The molecule has 0 saturated heterocycles. The molecule has 21 heavy (non-hydrogen) atoms. The lowest BCUT2D eigenvalue weighted by Gasteiger charge is -2.08. The highest BCUT2D eigenvalue weighted by atomic mass is 32.1. The van der Waals surface area contributed by atoms with Crippen LogP contribution in [0.1, 0.15) is 26.5 Å². The lowest BCUT2D eigenvalue weighted by Crippen LogP contribution is -2.26. The van der Waals surface area contributed by atoms with Gasteiger partial charge in [-0.1, -0.05) is 17.9 Å². The summed E-state index contributed by atoms with van der Waals surface area (Å²) in [7, 11) is 0. The van der Waals surface area contributed by atoms with Gasteiger partial charge < -0.3 is 11.1 Å². The van der Waals surface area contributed by atoms with Crippen LogP contribution in [0, 0.1) is 18.8 Å². The van der Waals surface area contributed by atoms with E-state index in [1.165, 1.54) is 0 Å². The number of hydrogen-bond donors (Lipinski definition) is 2. The number of nitrogens with one attached hydrogen (secondary N) is 1. The van der Waals surface area contributed by atoms with Crippen LogP contribution in [0.5, 0.6) is 0 Å². The Balaban J connectivity index is 2.01. The minimum Gasteiger partial charge on any atom is -0.352 e. The van der Waals surface area contributed by atoms with E-state index in [2.05, 4.69) is 22.1 Å². The number of carbonyl (C=O) groups is 1. The number of carbonyl (C=O) groups excluding carboxylic acids is 1. The van der Waals surface area contributed by atoms with Crippen LogP contribution in [-0.4, -0.2) is 24.0 Å². The third kappa shape index (κ3) is 4.15. The monoisotopic (exact) mass is 299 g/mol. The quantitative estimate of drug-likeness (QED) is 0.845. The zero-order chi connectivity index (χ0) is 15.1. The summed E-state index contributed by atoms with van der Waals surface area (Å²) < 4.78 is 0. The molecule has 3 N–H and O–H groups in total. The highest BCUT2D eigenvalue weighted by Crippen LogP contribution is 2.13. The standard InChI is InChI=1S/C16H17N3OS/c1-12-13(5-3-8-17)4-2-6-14(12)16(20)19-9-7-15-18-10-11-21-15/h2,4,6,10-11H,7-9,17H2,1H3,(H,19,20). The van der Waals surface area contributed by atoms with Crippen LogP contribution in [-0.2, 0) is 6.42 Å². The second kappa shape index (κ2) is 7.58. The Morgan fingerprint density at radius 2 is 2.33 bits per heavy atom. The molecule has 1 amide bonds. The fraction of sp³-hybridized carbons (Fsp3) is 0.250. The first-order valence-corrected chi connectivity index (χ1v) is 7.55. The fourth-order valence-electron chi connectivity index (χ4n) is 1.92. The third-order valence-electron chi connectivity index (χ3n) is 3.01. The summed E-state index contributed by atoms with van der Waals surface area (Å²) in [5.74, 6) is 5.71. The summed E-state index contributed by atoms with van der Waals surface area (Å²) in [5.41, 5.74) is 7.75. The lowest BCUT2D eigenvalue weighted by molar-refractivity contribution is 0.0953. The molecule has 0 aliphatic heterocycles. The van der Waals surface area contributed by atoms with Crippen molar-refractivity contribution in [2.24, 2.45) is 5.73 Å². The number of thiazole rings is 1. The van der Waals surface area contributed by atoms with Crippen LogP contribution >= 0.6 is 11.3 Å². The van der Waals surface area contributed by atoms with E-state index in [1.807, 2.05) is 30.5 Å². The number of benzene rings is 1. The van der Waals surface area contributed by atoms with Gasteiger partial charge in [0, 0.05) is 35.7 Å². The first kappa shape index (κ1) is 15.2. The Labute approximate surface area is 128 Å². The van der Waals surface area contributed by atoms with Crippen LogP contribution in [0.2, 0.25) is 0 Å². The topological polar surface area (TPSA) is 68.0 Å². The molecule has 0 aliphatic rings. The van der Waals surface area contributed by atoms with Gasteiger partial charge >= 0.3 is 0 Å². The van der Waals surface area contributed by atoms with E-state index in [-0.39, 0.29) is 5.91 Å². The number of amides is 1. The SMILES string of the molecule is Cc1c(C#CCN)cccc1C(=O)NCCc1nccs1. The smallest absolute Gasteiger partial charge is 0.251 e. The molecule has 0 fully saturated rings. The molecule has 0 radical (unpaired) electrons. The Morgan fingerprint density at radius 1 is 1.48 bits per heavy atom. The van der Waals surface area contributed by atoms with Crippen LogP contribution in [0.25, 0.3) is 0 Å². The fourth-order valence-corrected chi connectivity index (χ4v) is 2.54. The molecule has 0 spiro atoms. The molecule has 0 aliphatic carbocycles. The molecule has 0 bridgehead atoms. The number of nitrogens with two attached hydrogens (primary N) is 1. The normalized spacial score (nSPS) is 9.81. The third-order valence-corrected chi connectivity index (χ3v) is 3.85. The predicted molar refractivity (Wildman–Crippen MR) is 85.3 cm³/mol. The predicted octanol–water partition coefficient (Wildman–Crippen LogP) is 1.73. The van der Waals surface area contributed by atoms with Crippen molar-refractivity contribution in [2.75, 3.05) is 13.1 Å². The summed E-state index contributed by atoms with van der Waals surface area (Å²) in [4.78, 5) is 16.4. The van der Waals surface area contributed by atoms with E-state index in [0.29, 0.717) is 18.7 Å². The Bertz CT molecular complexity index is 669. The van der Waals surface area contributed by atoms with Crippen molar-refractivity contribution >= 4 is 17.2 Å². The maximum Gasteiger partial charge on any atom is 0.251 e. The Morgan fingerprint density at radius 3 is 3.05 bits per heavy atom. The number of rotatable bonds is 4. The van der Waals surface area contributed by atoms with Gasteiger partial charge in [0.2, 0.25) is 0 Å². The van der Waals surface area contributed by atoms with Crippen LogP contribution in [0.15, 0.2) is 29.8 Å². The highest BCUT2D eigenvalue weighted by Gasteiger charge is 2.10. The van der Waals surface area contributed by atoms with Crippen molar-refractivity contribution in [1.29, 1.82) is 0 Å². The first-order chi connectivity index (χ1) is 10.2. The van der Waals surface area contributed by atoms with Crippen LogP contribution in [0.3, 0.4) is 0 Å². The highest BCUT2D eigenvalue weighted by molar-refractivity contribution is 7.09. The second-order valence-corrected chi connectivity index (χ2v) is 5.39. The van der Waals surface area contributed by atoms with E-state index in [4.69, 9.17) is 5.73 Å². The first-order valence-electron chi connectivity index (χ1n) is 6.67. The Kier molecular flexibility index (Phi) is 5.50. The number of aromatic nitrogens is 1. The summed E-state index contributed by atoms with van der Waals surface area (Å²) in [6.07, 6.45) is 2.51. The lowest BCUT2D eigenvalue weighted by atomic mass is 10.0. The van der Waals surface area contributed by atoms with Gasteiger partial charge in [0.1, 0.15) is 0 Å². The summed E-state index contributed by atoms with van der Waals surface area (Å²) in [6.45, 7) is 2.78. The van der Waals surface area contributed by atoms with Crippen LogP contribution < -0.4 is 11.1 Å². The van der Waals surface area contributed by atoms with Crippen molar-refractivity contribution in [1.82, 2.24) is 10.3 Å². The molecule has 1 heterocycles. The Hall–Kier alpha value is -2.16. The van der Waals surface area contributed by atoms with Gasteiger partial charge in [-0.05, 0) is 24.6 Å². The van der Waals surface area contributed by atoms with E-state index in [0.717, 1.165) is 22.6 Å². The van der Waals surface area contributed by atoms with Crippen molar-refractivity contribution in [2.45, 2.75) is 13.3 Å². The van der Waals surface area contributed by atoms with E-state index in [9.17, 15) is 4.79 Å². The average Bonchev–Trinajstić information content (AvgIpc) is 2.99. The molecule has 2 rings (SSSR count). The molecule has 1 aromatic carbocycles. The molecule has 0 unspecified atom stereocenters. The molecule has 1 aromatic heterocycles. The van der Waals surface area contributed by atoms with Gasteiger partial charge in [-0.3, -0.25) is 4.79 Å². The zero-order valence-corrected chi connectivity index (χ0v) is 12.7. The van der Waals surface area contributed by atoms with Gasteiger partial charge in [-0.15, -0.1) is 11.3 Å². The maximum absolute atomic E-state index is 12.2.